The van der Waals surface area contributed by atoms with Crippen LogP contribution in [0.1, 0.15) is 42.6 Å². The summed E-state index contributed by atoms with van der Waals surface area (Å²) < 4.78 is 33.6. The van der Waals surface area contributed by atoms with Gasteiger partial charge in [-0.25, -0.2) is 17.4 Å². The number of hydrogen-bond acceptors (Lipinski definition) is 7. The van der Waals surface area contributed by atoms with Crippen LogP contribution < -0.4 is 10.1 Å². The second-order valence-electron chi connectivity index (χ2n) is 11.7. The molecule has 224 valence electrons. The van der Waals surface area contributed by atoms with Crippen molar-refractivity contribution in [1.82, 2.24) is 24.2 Å². The zero-order chi connectivity index (χ0) is 30.6. The Morgan fingerprint density at radius 3 is 2.70 bits per heavy atom. The van der Waals surface area contributed by atoms with Gasteiger partial charge < -0.3 is 19.9 Å². The molecule has 2 N–H and O–H groups in total. The zero-order valence-electron chi connectivity index (χ0n) is 24.5. The first-order valence-electron chi connectivity index (χ1n) is 14.8. The normalized spacial score (nSPS) is 15.4. The number of ether oxygens (including phenoxy) is 1. The highest BCUT2D eigenvalue weighted by Gasteiger charge is 2.37. The van der Waals surface area contributed by atoms with Gasteiger partial charge in [0.05, 0.1) is 34.5 Å². The Morgan fingerprint density at radius 2 is 1.93 bits per heavy atom. The molecule has 2 aromatic carbocycles. The fourth-order valence-electron chi connectivity index (χ4n) is 5.85. The number of carbonyl (C=O) groups excluding carboxylic acids is 1. The minimum absolute atomic E-state index is 0.0479. The van der Waals surface area contributed by atoms with Crippen molar-refractivity contribution in [2.24, 2.45) is 0 Å². The lowest BCUT2D eigenvalue weighted by molar-refractivity contribution is 0.0756. The van der Waals surface area contributed by atoms with E-state index in [1.165, 1.54) is 3.97 Å². The molecule has 2 aliphatic rings. The summed E-state index contributed by atoms with van der Waals surface area (Å²) in [6, 6.07) is 15.5. The number of amides is 1. The first-order valence-corrected chi connectivity index (χ1v) is 16.3. The van der Waals surface area contributed by atoms with Gasteiger partial charge in [0.2, 0.25) is 10.0 Å². The Labute approximate surface area is 255 Å². The largest absolute Gasteiger partial charge is 0.491 e. The molecular formula is C33H32N6O4S. The molecule has 0 bridgehead atoms. The summed E-state index contributed by atoms with van der Waals surface area (Å²) >= 11 is 0. The van der Waals surface area contributed by atoms with E-state index in [1.54, 1.807) is 24.5 Å². The third-order valence-electron chi connectivity index (χ3n) is 8.34. The van der Waals surface area contributed by atoms with E-state index in [2.05, 4.69) is 35.2 Å². The Kier molecular flexibility index (Phi) is 6.91. The van der Waals surface area contributed by atoms with Gasteiger partial charge in [-0.1, -0.05) is 19.9 Å². The molecule has 1 aliphatic heterocycles. The summed E-state index contributed by atoms with van der Waals surface area (Å²) in [5.74, 6) is 0.496. The van der Waals surface area contributed by atoms with E-state index in [1.807, 2.05) is 41.4 Å². The van der Waals surface area contributed by atoms with Crippen LogP contribution in [0.4, 0.5) is 0 Å². The Balaban J connectivity index is 1.25. The second kappa shape index (κ2) is 10.8. The summed E-state index contributed by atoms with van der Waals surface area (Å²) in [5.41, 5.74) is 5.30. The van der Waals surface area contributed by atoms with Crippen molar-refractivity contribution >= 4 is 37.9 Å². The summed E-state index contributed by atoms with van der Waals surface area (Å²) in [4.78, 5) is 23.0. The van der Waals surface area contributed by atoms with Crippen LogP contribution in [0.5, 0.6) is 5.75 Å². The molecule has 7 rings (SSSR count). The maximum absolute atomic E-state index is 13.3. The van der Waals surface area contributed by atoms with Crippen LogP contribution in [0.3, 0.4) is 0 Å². The first-order chi connectivity index (χ1) is 21.2. The first kappa shape index (κ1) is 28.1. The summed E-state index contributed by atoms with van der Waals surface area (Å²) in [5, 5.41) is 14.4. The van der Waals surface area contributed by atoms with Crippen molar-refractivity contribution in [2.45, 2.75) is 38.0 Å². The molecule has 0 saturated heterocycles. The smallest absolute Gasteiger partial charge is 0.257 e. The minimum Gasteiger partial charge on any atom is -0.491 e. The number of rotatable bonds is 8. The van der Waals surface area contributed by atoms with Gasteiger partial charge in [0.25, 0.3) is 5.91 Å². The van der Waals surface area contributed by atoms with E-state index in [-0.39, 0.29) is 11.2 Å². The van der Waals surface area contributed by atoms with E-state index >= 15 is 0 Å². The molecule has 0 unspecified atom stereocenters. The molecule has 10 nitrogen and oxygen atoms in total. The summed E-state index contributed by atoms with van der Waals surface area (Å²) in [6.07, 6.45) is 6.45. The molecule has 11 heteroatoms. The highest BCUT2D eigenvalue weighted by molar-refractivity contribution is 7.91. The third kappa shape index (κ3) is 4.90. The molecule has 0 atom stereocenters. The third-order valence-corrected chi connectivity index (χ3v) is 10.5. The number of H-pyrrole nitrogens is 1. The lowest BCUT2D eigenvalue weighted by Crippen LogP contribution is -2.39. The van der Waals surface area contributed by atoms with Gasteiger partial charge in [0, 0.05) is 59.6 Å². The number of nitriles is 1. The maximum atomic E-state index is 13.3. The van der Waals surface area contributed by atoms with E-state index in [4.69, 9.17) is 4.74 Å². The van der Waals surface area contributed by atoms with E-state index in [0.29, 0.717) is 84.1 Å². The molecule has 1 saturated carbocycles. The lowest BCUT2D eigenvalue weighted by Gasteiger charge is -2.21. The standard InChI is InChI=1S/C33H32N6O4S/c1-20(2)35-8-10-38-11-12-43-31-16-21(3-6-27(31)33(38)40)24-14-28-29(19-37-32(28)36-18-24)22-13-23(17-34)26-7-9-39(30(26)15-22)44(41,42)25-4-5-25/h3,6-7,9,13-16,18-20,25,35H,4-5,8,10-12H2,1-2H3,(H,36,37). The van der Waals surface area contributed by atoms with Gasteiger partial charge in [-0.3, -0.25) is 4.79 Å². The molecule has 1 fully saturated rings. The van der Waals surface area contributed by atoms with Crippen molar-refractivity contribution in [3.8, 4) is 34.1 Å². The average molecular weight is 609 g/mol. The SMILES string of the molecule is CC(C)NCCN1CCOc2cc(-c3cnc4[nH]cc(-c5cc(C#N)c6ccn(S(=O)(=O)C7CC7)c6c5)c4c3)ccc2C1=O. The fourth-order valence-corrected chi connectivity index (χ4v) is 7.56. The van der Waals surface area contributed by atoms with Gasteiger partial charge in [-0.2, -0.15) is 5.26 Å². The molecule has 0 radical (unpaired) electrons. The highest BCUT2D eigenvalue weighted by Crippen LogP contribution is 2.38. The summed E-state index contributed by atoms with van der Waals surface area (Å²) in [7, 11) is -3.53. The monoisotopic (exact) mass is 608 g/mol. The van der Waals surface area contributed by atoms with Crippen molar-refractivity contribution < 1.29 is 17.9 Å². The van der Waals surface area contributed by atoms with Crippen LogP contribution in [0, 0.1) is 11.3 Å². The van der Waals surface area contributed by atoms with E-state index in [9.17, 15) is 18.5 Å². The fraction of sp³-hybridized carbons (Fsp3) is 0.303. The van der Waals surface area contributed by atoms with Crippen LogP contribution in [0.2, 0.25) is 0 Å². The van der Waals surface area contributed by atoms with E-state index < -0.39 is 10.0 Å². The van der Waals surface area contributed by atoms with Crippen LogP contribution in [0.25, 0.3) is 44.2 Å². The molecule has 0 spiro atoms. The number of pyridine rings is 1. The van der Waals surface area contributed by atoms with Crippen molar-refractivity contribution in [2.75, 3.05) is 26.2 Å². The molecular weight excluding hydrogens is 576 g/mol. The Morgan fingerprint density at radius 1 is 1.09 bits per heavy atom. The number of carbonyl (C=O) groups is 1. The number of nitrogens with one attached hydrogen (secondary N) is 2. The van der Waals surface area contributed by atoms with Crippen molar-refractivity contribution in [1.29, 1.82) is 5.26 Å². The predicted octanol–water partition coefficient (Wildman–Crippen LogP) is 4.90. The number of fused-ring (bicyclic) bond motifs is 3. The number of aromatic amines is 1. The van der Waals surface area contributed by atoms with Crippen LogP contribution in [0.15, 0.2) is 61.1 Å². The summed E-state index contributed by atoms with van der Waals surface area (Å²) in [6.45, 7) is 6.40. The van der Waals surface area contributed by atoms with Crippen LogP contribution in [-0.2, 0) is 10.0 Å². The van der Waals surface area contributed by atoms with Crippen molar-refractivity contribution in [3.05, 3.63) is 72.2 Å². The van der Waals surface area contributed by atoms with Gasteiger partial charge in [-0.15, -0.1) is 0 Å². The van der Waals surface area contributed by atoms with Gasteiger partial charge in [0.15, 0.2) is 0 Å². The highest BCUT2D eigenvalue weighted by atomic mass is 32.2. The Hall–Kier alpha value is -4.66. The number of aromatic nitrogens is 3. The van der Waals surface area contributed by atoms with Gasteiger partial charge in [0.1, 0.15) is 18.0 Å². The van der Waals surface area contributed by atoms with E-state index in [0.717, 1.165) is 22.1 Å². The number of benzene rings is 2. The Bertz CT molecular complexity index is 2080. The maximum Gasteiger partial charge on any atom is 0.257 e. The number of hydrogen-bond donors (Lipinski definition) is 2. The molecule has 3 aromatic heterocycles. The molecule has 44 heavy (non-hydrogen) atoms. The average Bonchev–Trinajstić information content (AvgIpc) is 3.70. The van der Waals surface area contributed by atoms with Gasteiger partial charge >= 0.3 is 0 Å². The molecule has 4 heterocycles. The molecule has 1 amide bonds. The topological polar surface area (TPSA) is 133 Å². The minimum atomic E-state index is -3.53. The molecule has 1 aliphatic carbocycles. The van der Waals surface area contributed by atoms with Crippen LogP contribution in [-0.4, -0.2) is 70.7 Å². The van der Waals surface area contributed by atoms with Crippen LogP contribution >= 0.6 is 0 Å². The molecule has 5 aromatic rings. The zero-order valence-corrected chi connectivity index (χ0v) is 25.3. The number of nitrogens with zero attached hydrogens (tertiary/aromatic N) is 4. The lowest BCUT2D eigenvalue weighted by atomic mass is 9.98. The second-order valence-corrected chi connectivity index (χ2v) is 13.8. The van der Waals surface area contributed by atoms with Crippen molar-refractivity contribution in [3.63, 3.8) is 0 Å². The predicted molar refractivity (Wildman–Crippen MR) is 169 cm³/mol. The quantitative estimate of drug-likeness (QED) is 0.256. The van der Waals surface area contributed by atoms with Gasteiger partial charge in [-0.05, 0) is 60.4 Å².